The third kappa shape index (κ3) is 5.39. The summed E-state index contributed by atoms with van der Waals surface area (Å²) >= 11 is 13.1. The fraction of sp³-hybridized carbons (Fsp3) is 0.0870. The Morgan fingerprint density at radius 3 is 2.50 bits per heavy atom. The van der Waals surface area contributed by atoms with Crippen LogP contribution in [-0.2, 0) is 4.79 Å². The van der Waals surface area contributed by atoms with Gasteiger partial charge >= 0.3 is 5.97 Å². The van der Waals surface area contributed by atoms with Crippen LogP contribution in [0.4, 0.5) is 0 Å². The first-order valence-corrected chi connectivity index (χ1v) is 11.3. The largest absolute Gasteiger partial charge is 0.497 e. The first-order valence-electron chi connectivity index (χ1n) is 9.70. The Bertz CT molecular complexity index is 1360. The smallest absolute Gasteiger partial charge is 0.342 e. The van der Waals surface area contributed by atoms with E-state index in [-0.39, 0.29) is 10.1 Å². The molecule has 2 aromatic heterocycles. The summed E-state index contributed by atoms with van der Waals surface area (Å²) in [6, 6.07) is 13.6. The molecule has 4 rings (SSSR count). The number of nitrogens with one attached hydrogen (secondary N) is 1. The molecule has 0 aliphatic carbocycles. The molecular weight excluding hydrogens is 501 g/mol. The number of furan rings is 1. The molecule has 34 heavy (non-hydrogen) atoms. The maximum atomic E-state index is 11.9. The predicted molar refractivity (Wildman–Crippen MR) is 131 cm³/mol. The van der Waals surface area contributed by atoms with Crippen LogP contribution in [0.1, 0.15) is 5.76 Å². The summed E-state index contributed by atoms with van der Waals surface area (Å²) in [5.41, 5.74) is 1.27. The van der Waals surface area contributed by atoms with Gasteiger partial charge < -0.3 is 19.0 Å². The maximum absolute atomic E-state index is 11.9. The lowest BCUT2D eigenvalue weighted by molar-refractivity contribution is -0.131. The monoisotopic (exact) mass is 517 g/mol. The number of methoxy groups -OCH3 is 2. The van der Waals surface area contributed by atoms with E-state index in [1.54, 1.807) is 62.8 Å². The van der Waals surface area contributed by atoms with E-state index >= 15 is 0 Å². The van der Waals surface area contributed by atoms with E-state index in [1.807, 2.05) is 0 Å². The number of carbonyl (C=O) groups is 1. The van der Waals surface area contributed by atoms with Crippen molar-refractivity contribution in [3.63, 3.8) is 0 Å². The van der Waals surface area contributed by atoms with Crippen LogP contribution in [0.15, 0.2) is 63.0 Å². The maximum Gasteiger partial charge on any atom is 0.342 e. The van der Waals surface area contributed by atoms with Gasteiger partial charge in [-0.2, -0.15) is 0 Å². The number of benzene rings is 2. The van der Waals surface area contributed by atoms with Crippen LogP contribution in [0.5, 0.6) is 11.5 Å². The minimum atomic E-state index is -1.15. The summed E-state index contributed by atoms with van der Waals surface area (Å²) in [4.78, 5) is 16.2. The first kappa shape index (κ1) is 23.7. The number of ether oxygens (including phenoxy) is 2. The van der Waals surface area contributed by atoms with Crippen LogP contribution < -0.4 is 9.47 Å². The van der Waals surface area contributed by atoms with Gasteiger partial charge in [0.25, 0.3) is 0 Å². The van der Waals surface area contributed by atoms with Crippen LogP contribution in [0.3, 0.4) is 0 Å². The molecule has 174 valence electrons. The Labute approximate surface area is 208 Å². The highest BCUT2D eigenvalue weighted by Gasteiger charge is 2.17. The van der Waals surface area contributed by atoms with Crippen molar-refractivity contribution < 1.29 is 23.8 Å². The van der Waals surface area contributed by atoms with E-state index in [0.29, 0.717) is 50.0 Å². The summed E-state index contributed by atoms with van der Waals surface area (Å²) in [5.74, 6) is 1.22. The zero-order chi connectivity index (χ0) is 24.2. The minimum Gasteiger partial charge on any atom is -0.497 e. The summed E-state index contributed by atoms with van der Waals surface area (Å²) < 4.78 is 16.3. The van der Waals surface area contributed by atoms with Gasteiger partial charge in [0, 0.05) is 28.3 Å². The van der Waals surface area contributed by atoms with Gasteiger partial charge in [0.1, 0.15) is 27.9 Å². The molecule has 0 atom stereocenters. The van der Waals surface area contributed by atoms with E-state index in [4.69, 9.17) is 37.1 Å². The molecule has 0 aliphatic rings. The van der Waals surface area contributed by atoms with Gasteiger partial charge in [-0.25, -0.2) is 9.78 Å². The number of aromatic amines is 1. The average molecular weight is 518 g/mol. The van der Waals surface area contributed by atoms with E-state index in [0.717, 1.165) is 11.8 Å². The summed E-state index contributed by atoms with van der Waals surface area (Å²) in [6.45, 7) is 0. The summed E-state index contributed by atoms with van der Waals surface area (Å²) in [5, 5.41) is 17.8. The Morgan fingerprint density at radius 2 is 1.82 bits per heavy atom. The molecular formula is C23H17Cl2N3O5S. The summed E-state index contributed by atoms with van der Waals surface area (Å²) in [7, 11) is 3.09. The molecule has 0 bridgehead atoms. The molecule has 0 fully saturated rings. The van der Waals surface area contributed by atoms with Gasteiger partial charge in [-0.15, -0.1) is 5.10 Å². The summed E-state index contributed by atoms with van der Waals surface area (Å²) in [6.07, 6.45) is 1.39. The number of carboxylic acid groups (broad SMARTS) is 1. The molecule has 2 N–H and O–H groups in total. The van der Waals surface area contributed by atoms with Crippen molar-refractivity contribution in [3.05, 3.63) is 69.2 Å². The molecule has 8 nitrogen and oxygen atoms in total. The van der Waals surface area contributed by atoms with E-state index in [1.165, 1.54) is 6.08 Å². The second-order valence-electron chi connectivity index (χ2n) is 6.81. The van der Waals surface area contributed by atoms with Crippen LogP contribution in [-0.4, -0.2) is 40.5 Å². The molecule has 0 unspecified atom stereocenters. The fourth-order valence-electron chi connectivity index (χ4n) is 2.99. The van der Waals surface area contributed by atoms with Crippen molar-refractivity contribution in [2.75, 3.05) is 14.2 Å². The van der Waals surface area contributed by atoms with E-state index in [9.17, 15) is 9.90 Å². The fourth-order valence-corrected chi connectivity index (χ4v) is 4.06. The Kier molecular flexibility index (Phi) is 7.16. The van der Waals surface area contributed by atoms with Crippen molar-refractivity contribution in [1.29, 1.82) is 0 Å². The molecule has 0 saturated heterocycles. The number of thioether (sulfide) groups is 1. The topological polar surface area (TPSA) is 110 Å². The molecule has 0 radical (unpaired) electrons. The standard InChI is InChI=1S/C23H17Cl2N3O5S/c1-31-15-7-12(8-16(10-15)32-2)21-26-23(28-27-21)34-20(22(29)30)11-14-4-6-19(33-14)17-9-13(24)3-5-18(17)25/h3-11H,1-2H3,(H,29,30)(H,26,27,28)/b20-11-. The zero-order valence-electron chi connectivity index (χ0n) is 17.8. The van der Waals surface area contributed by atoms with Gasteiger partial charge in [-0.05, 0) is 54.2 Å². The highest BCUT2D eigenvalue weighted by Crippen LogP contribution is 2.34. The Morgan fingerprint density at radius 1 is 1.09 bits per heavy atom. The quantitative estimate of drug-likeness (QED) is 0.207. The van der Waals surface area contributed by atoms with Crippen molar-refractivity contribution in [3.8, 4) is 34.2 Å². The molecule has 0 aliphatic heterocycles. The van der Waals surface area contributed by atoms with Crippen molar-refractivity contribution >= 4 is 47.0 Å². The molecule has 4 aromatic rings. The number of halogens is 2. The number of H-pyrrole nitrogens is 1. The lowest BCUT2D eigenvalue weighted by Crippen LogP contribution is -1.97. The highest BCUT2D eigenvalue weighted by molar-refractivity contribution is 8.04. The normalized spacial score (nSPS) is 11.5. The Balaban J connectivity index is 1.59. The second kappa shape index (κ2) is 10.3. The third-order valence-electron chi connectivity index (χ3n) is 4.60. The highest BCUT2D eigenvalue weighted by atomic mass is 35.5. The van der Waals surface area contributed by atoms with Gasteiger partial charge in [0.2, 0.25) is 5.16 Å². The number of hydrogen-bond donors (Lipinski definition) is 2. The van der Waals surface area contributed by atoms with Crippen LogP contribution in [0.25, 0.3) is 28.8 Å². The Hall–Kier alpha value is -3.40. The number of aromatic nitrogens is 3. The first-order chi connectivity index (χ1) is 16.4. The molecule has 0 spiro atoms. The minimum absolute atomic E-state index is 0.0353. The lowest BCUT2D eigenvalue weighted by Gasteiger charge is -2.06. The van der Waals surface area contributed by atoms with Gasteiger partial charge in [-0.1, -0.05) is 23.2 Å². The molecule has 11 heteroatoms. The van der Waals surface area contributed by atoms with E-state index < -0.39 is 5.97 Å². The van der Waals surface area contributed by atoms with Gasteiger partial charge in [0.15, 0.2) is 5.82 Å². The number of aliphatic carboxylic acids is 1. The van der Waals surface area contributed by atoms with Crippen LogP contribution in [0.2, 0.25) is 10.0 Å². The van der Waals surface area contributed by atoms with Gasteiger partial charge in [0.05, 0.1) is 19.2 Å². The van der Waals surface area contributed by atoms with Crippen molar-refractivity contribution in [1.82, 2.24) is 15.2 Å². The molecule has 0 amide bonds. The van der Waals surface area contributed by atoms with Crippen LogP contribution in [0, 0.1) is 0 Å². The number of nitrogens with zero attached hydrogens (tertiary/aromatic N) is 2. The number of rotatable bonds is 8. The van der Waals surface area contributed by atoms with Crippen molar-refractivity contribution in [2.45, 2.75) is 5.16 Å². The van der Waals surface area contributed by atoms with E-state index in [2.05, 4.69) is 15.2 Å². The molecule has 2 aromatic carbocycles. The molecule has 0 saturated carbocycles. The lowest BCUT2D eigenvalue weighted by atomic mass is 10.2. The SMILES string of the molecule is COc1cc(OC)cc(-c2nc(S/C(=C\c3ccc(-c4cc(Cl)ccc4Cl)o3)C(=O)O)n[nH]2)c1. The zero-order valence-corrected chi connectivity index (χ0v) is 20.2. The predicted octanol–water partition coefficient (Wildman–Crippen LogP) is 6.27. The number of hydrogen-bond acceptors (Lipinski definition) is 7. The number of carboxylic acids is 1. The molecule has 2 heterocycles. The van der Waals surface area contributed by atoms with Crippen LogP contribution >= 0.6 is 35.0 Å². The third-order valence-corrected chi connectivity index (χ3v) is 6.04. The van der Waals surface area contributed by atoms with Gasteiger partial charge in [-0.3, -0.25) is 5.10 Å². The van der Waals surface area contributed by atoms with Crippen molar-refractivity contribution in [2.24, 2.45) is 0 Å². The second-order valence-corrected chi connectivity index (χ2v) is 8.66. The average Bonchev–Trinajstić information content (AvgIpc) is 3.49.